The molecule has 0 unspecified atom stereocenters. The number of benzene rings is 2. The van der Waals surface area contributed by atoms with Gasteiger partial charge in [0, 0.05) is 6.54 Å². The van der Waals surface area contributed by atoms with Crippen LogP contribution in [0.4, 0.5) is 0 Å². The van der Waals surface area contributed by atoms with Gasteiger partial charge >= 0.3 is 0 Å². The number of aryl methyl sites for hydroxylation is 1. The molecule has 1 saturated heterocycles. The van der Waals surface area contributed by atoms with E-state index in [1.54, 1.807) is 11.3 Å². The lowest BCUT2D eigenvalue weighted by Gasteiger charge is -2.23. The van der Waals surface area contributed by atoms with Crippen molar-refractivity contribution < 1.29 is 4.79 Å². The van der Waals surface area contributed by atoms with Gasteiger partial charge in [0.15, 0.2) is 5.16 Å². The lowest BCUT2D eigenvalue weighted by Crippen LogP contribution is -2.32. The van der Waals surface area contributed by atoms with Crippen molar-refractivity contribution >= 4 is 39.2 Å². The smallest absolute Gasteiger partial charge is 0.233 e. The third-order valence-electron chi connectivity index (χ3n) is 5.58. The van der Waals surface area contributed by atoms with Crippen molar-refractivity contribution in [3.05, 3.63) is 71.0 Å². The highest BCUT2D eigenvalue weighted by Crippen LogP contribution is 2.37. The maximum atomic E-state index is 13.1. The van der Waals surface area contributed by atoms with Gasteiger partial charge in [0.1, 0.15) is 10.8 Å². The molecule has 158 valence electrons. The molecule has 0 radical (unpaired) electrons. The van der Waals surface area contributed by atoms with E-state index in [1.807, 2.05) is 48.2 Å². The first-order valence-corrected chi connectivity index (χ1v) is 12.2. The van der Waals surface area contributed by atoms with Gasteiger partial charge < -0.3 is 9.47 Å². The van der Waals surface area contributed by atoms with Gasteiger partial charge in [-0.3, -0.25) is 4.79 Å². The highest BCUT2D eigenvalue weighted by molar-refractivity contribution is 7.99. The largest absolute Gasteiger partial charge is 0.332 e. The zero-order valence-corrected chi connectivity index (χ0v) is 18.9. The van der Waals surface area contributed by atoms with E-state index in [9.17, 15) is 4.79 Å². The molecule has 0 bridgehead atoms. The van der Waals surface area contributed by atoms with E-state index in [1.165, 1.54) is 22.0 Å². The Balaban J connectivity index is 1.28. The molecule has 0 saturated carbocycles. The van der Waals surface area contributed by atoms with Gasteiger partial charge in [0.05, 0.1) is 28.6 Å². The zero-order chi connectivity index (χ0) is 21.2. The van der Waals surface area contributed by atoms with Crippen LogP contribution >= 0.6 is 23.1 Å². The predicted molar refractivity (Wildman–Crippen MR) is 124 cm³/mol. The number of nitrogens with zero attached hydrogens (tertiary/aromatic N) is 5. The summed E-state index contributed by atoms with van der Waals surface area (Å²) in [4.78, 5) is 19.9. The summed E-state index contributed by atoms with van der Waals surface area (Å²) in [7, 11) is 0. The van der Waals surface area contributed by atoms with E-state index in [-0.39, 0.29) is 11.9 Å². The molecule has 8 heteroatoms. The molecule has 1 aliphatic heterocycles. The fraction of sp³-hybridized carbons (Fsp3) is 0.304. The van der Waals surface area contributed by atoms with Gasteiger partial charge in [0.2, 0.25) is 5.91 Å². The molecule has 2 aromatic carbocycles. The van der Waals surface area contributed by atoms with Gasteiger partial charge in [0.25, 0.3) is 0 Å². The third kappa shape index (κ3) is 4.22. The first-order valence-electron chi connectivity index (χ1n) is 10.4. The molecule has 4 aromatic rings. The van der Waals surface area contributed by atoms with Crippen LogP contribution in [-0.4, -0.2) is 42.9 Å². The number of amides is 1. The van der Waals surface area contributed by atoms with Crippen LogP contribution in [0.15, 0.2) is 59.8 Å². The summed E-state index contributed by atoms with van der Waals surface area (Å²) in [6.45, 7) is 3.44. The first-order chi connectivity index (χ1) is 15.2. The minimum Gasteiger partial charge on any atom is -0.332 e. The van der Waals surface area contributed by atoms with Crippen molar-refractivity contribution in [3.8, 4) is 0 Å². The van der Waals surface area contributed by atoms with Crippen LogP contribution in [-0.2, 0) is 11.3 Å². The molecule has 0 spiro atoms. The quantitative estimate of drug-likeness (QED) is 0.399. The van der Waals surface area contributed by atoms with Crippen LogP contribution in [0.25, 0.3) is 10.2 Å². The summed E-state index contributed by atoms with van der Waals surface area (Å²) < 4.78 is 3.25. The number of hydrogen-bond donors (Lipinski definition) is 0. The number of thioether (sulfide) groups is 1. The number of carbonyl (C=O) groups is 1. The molecule has 0 aliphatic carbocycles. The van der Waals surface area contributed by atoms with Gasteiger partial charge in [-0.1, -0.05) is 54.2 Å². The van der Waals surface area contributed by atoms with Crippen LogP contribution in [0.1, 0.15) is 35.3 Å². The summed E-state index contributed by atoms with van der Waals surface area (Å²) in [6.07, 6.45) is 1.99. The van der Waals surface area contributed by atoms with Gasteiger partial charge in [-0.2, -0.15) is 0 Å². The summed E-state index contributed by atoms with van der Waals surface area (Å²) in [5.74, 6) is 1.35. The minimum absolute atomic E-state index is 0.0782. The van der Waals surface area contributed by atoms with Crippen molar-refractivity contribution in [2.75, 3.05) is 12.3 Å². The summed E-state index contributed by atoms with van der Waals surface area (Å²) in [5, 5.41) is 10.4. The molecule has 31 heavy (non-hydrogen) atoms. The average molecular weight is 450 g/mol. The third-order valence-corrected chi connectivity index (χ3v) is 7.67. The van der Waals surface area contributed by atoms with Crippen molar-refractivity contribution in [1.29, 1.82) is 0 Å². The Morgan fingerprint density at radius 2 is 1.94 bits per heavy atom. The summed E-state index contributed by atoms with van der Waals surface area (Å²) >= 11 is 3.16. The van der Waals surface area contributed by atoms with Crippen LogP contribution in [0.3, 0.4) is 0 Å². The monoisotopic (exact) mass is 449 g/mol. The van der Waals surface area contributed by atoms with Gasteiger partial charge in [-0.05, 0) is 37.5 Å². The van der Waals surface area contributed by atoms with Crippen molar-refractivity contribution in [3.63, 3.8) is 0 Å². The number of carbonyl (C=O) groups excluding carboxylic acids is 1. The average Bonchev–Trinajstić information content (AvgIpc) is 3.52. The molecule has 6 nitrogen and oxygen atoms in total. The second-order valence-corrected chi connectivity index (χ2v) is 9.66. The number of thiazole rings is 1. The molecule has 1 atom stereocenters. The summed E-state index contributed by atoms with van der Waals surface area (Å²) in [5.41, 5.74) is 2.20. The maximum absolute atomic E-state index is 13.1. The van der Waals surface area contributed by atoms with E-state index >= 15 is 0 Å². The first kappa shape index (κ1) is 20.2. The van der Waals surface area contributed by atoms with E-state index < -0.39 is 0 Å². The predicted octanol–water partition coefficient (Wildman–Crippen LogP) is 4.70. The Hall–Kier alpha value is -2.71. The number of hydrogen-bond acceptors (Lipinski definition) is 6. The highest BCUT2D eigenvalue weighted by atomic mass is 32.2. The fourth-order valence-corrected chi connectivity index (χ4v) is 5.96. The summed E-state index contributed by atoms with van der Waals surface area (Å²) in [6, 6.07) is 18.5. The van der Waals surface area contributed by atoms with E-state index in [4.69, 9.17) is 4.98 Å². The molecule has 1 aliphatic rings. The van der Waals surface area contributed by atoms with Gasteiger partial charge in [-0.25, -0.2) is 4.98 Å². The van der Waals surface area contributed by atoms with Crippen molar-refractivity contribution in [1.82, 2.24) is 24.6 Å². The fourth-order valence-electron chi connectivity index (χ4n) is 3.98. The molecule has 1 amide bonds. The standard InChI is InChI=1S/C23H23N5OS2/c1-16-25-26-23(28(16)14-17-8-3-2-4-9-17)30-15-21(29)27-13-7-11-19(27)22-24-18-10-5-6-12-20(18)31-22/h2-6,8-10,12,19H,7,11,13-15H2,1H3/t19-/m0/s1. The van der Waals surface area contributed by atoms with E-state index in [0.29, 0.717) is 12.3 Å². The lowest BCUT2D eigenvalue weighted by molar-refractivity contribution is -0.129. The second-order valence-electron chi connectivity index (χ2n) is 7.66. The van der Waals surface area contributed by atoms with Crippen LogP contribution in [0.2, 0.25) is 0 Å². The SMILES string of the molecule is Cc1nnc(SCC(=O)N2CCC[C@H]2c2nc3ccccc3s2)n1Cc1ccccc1. The molecular weight excluding hydrogens is 426 g/mol. The van der Waals surface area contributed by atoms with Crippen LogP contribution in [0.5, 0.6) is 0 Å². The Morgan fingerprint density at radius 3 is 2.77 bits per heavy atom. The Kier molecular flexibility index (Phi) is 5.74. The van der Waals surface area contributed by atoms with Gasteiger partial charge in [-0.15, -0.1) is 21.5 Å². The molecule has 3 heterocycles. The number of aromatic nitrogens is 4. The molecule has 5 rings (SSSR count). The zero-order valence-electron chi connectivity index (χ0n) is 17.3. The highest BCUT2D eigenvalue weighted by Gasteiger charge is 2.32. The molecular formula is C23H23N5OS2. The topological polar surface area (TPSA) is 63.9 Å². The Bertz CT molecular complexity index is 1170. The lowest BCUT2D eigenvalue weighted by atomic mass is 10.2. The number of rotatable bonds is 6. The van der Waals surface area contributed by atoms with Crippen LogP contribution < -0.4 is 0 Å². The number of para-hydroxylation sites is 1. The molecule has 1 fully saturated rings. The number of fused-ring (bicyclic) bond motifs is 1. The second kappa shape index (κ2) is 8.80. The Labute approximate surface area is 189 Å². The normalized spacial score (nSPS) is 16.3. The maximum Gasteiger partial charge on any atom is 0.233 e. The van der Waals surface area contributed by atoms with E-state index in [0.717, 1.165) is 40.9 Å². The molecule has 0 N–H and O–H groups in total. The minimum atomic E-state index is 0.0782. The Morgan fingerprint density at radius 1 is 1.13 bits per heavy atom. The van der Waals surface area contributed by atoms with Crippen LogP contribution in [0, 0.1) is 6.92 Å². The molecule has 2 aromatic heterocycles. The van der Waals surface area contributed by atoms with E-state index in [2.05, 4.69) is 33.0 Å². The number of likely N-dealkylation sites (tertiary alicyclic amines) is 1. The van der Waals surface area contributed by atoms with Crippen molar-refractivity contribution in [2.45, 2.75) is 37.5 Å². The van der Waals surface area contributed by atoms with Crippen molar-refractivity contribution in [2.24, 2.45) is 0 Å².